The lowest BCUT2D eigenvalue weighted by Crippen LogP contribution is -2.42. The maximum absolute atomic E-state index is 4.48. The van der Waals surface area contributed by atoms with E-state index in [0.29, 0.717) is 0 Å². The first-order chi connectivity index (χ1) is 8.88. The van der Waals surface area contributed by atoms with Gasteiger partial charge < -0.3 is 15.5 Å². The fraction of sp³-hybridized carbons (Fsp3) is 0.714. The van der Waals surface area contributed by atoms with E-state index in [9.17, 15) is 0 Å². The molecule has 0 saturated carbocycles. The zero-order valence-corrected chi connectivity index (χ0v) is 13.0. The SMILES string of the molecule is CCCN(C)c1cc(NCC(C)(C)NC)nc(C)n1. The van der Waals surface area contributed by atoms with Crippen LogP contribution < -0.4 is 15.5 Å². The van der Waals surface area contributed by atoms with Gasteiger partial charge in [-0.1, -0.05) is 6.92 Å². The van der Waals surface area contributed by atoms with Crippen molar-refractivity contribution in [2.45, 2.75) is 39.7 Å². The summed E-state index contributed by atoms with van der Waals surface area (Å²) in [4.78, 5) is 11.1. The third-order valence-corrected chi connectivity index (χ3v) is 3.16. The second-order valence-corrected chi connectivity index (χ2v) is 5.57. The summed E-state index contributed by atoms with van der Waals surface area (Å²) in [5.41, 5.74) is 0.0361. The van der Waals surface area contributed by atoms with Crippen molar-refractivity contribution in [1.82, 2.24) is 15.3 Å². The minimum absolute atomic E-state index is 0.0361. The highest BCUT2D eigenvalue weighted by atomic mass is 15.2. The number of anilines is 2. The smallest absolute Gasteiger partial charge is 0.134 e. The summed E-state index contributed by atoms with van der Waals surface area (Å²) in [6.07, 6.45) is 1.11. The van der Waals surface area contributed by atoms with Gasteiger partial charge in [-0.25, -0.2) is 9.97 Å². The number of aryl methyl sites for hydroxylation is 1. The third kappa shape index (κ3) is 5.03. The second-order valence-electron chi connectivity index (χ2n) is 5.57. The van der Waals surface area contributed by atoms with Gasteiger partial charge in [0.2, 0.25) is 0 Å². The molecule has 0 aliphatic carbocycles. The monoisotopic (exact) mass is 265 g/mol. The Hall–Kier alpha value is -1.36. The van der Waals surface area contributed by atoms with E-state index in [4.69, 9.17) is 0 Å². The molecule has 0 atom stereocenters. The summed E-state index contributed by atoms with van der Waals surface area (Å²) < 4.78 is 0. The van der Waals surface area contributed by atoms with Crippen LogP contribution in [0.3, 0.4) is 0 Å². The number of aromatic nitrogens is 2. The van der Waals surface area contributed by atoms with E-state index in [-0.39, 0.29) is 5.54 Å². The van der Waals surface area contributed by atoms with Gasteiger partial charge in [-0.05, 0) is 34.2 Å². The maximum Gasteiger partial charge on any atom is 0.134 e. The normalized spacial score (nSPS) is 11.5. The van der Waals surface area contributed by atoms with Crippen molar-refractivity contribution >= 4 is 11.6 Å². The van der Waals surface area contributed by atoms with Crippen molar-refractivity contribution < 1.29 is 0 Å². The fourth-order valence-corrected chi connectivity index (χ4v) is 1.69. The van der Waals surface area contributed by atoms with Gasteiger partial charge in [-0.3, -0.25) is 0 Å². The molecule has 108 valence electrons. The van der Waals surface area contributed by atoms with Crippen LogP contribution >= 0.6 is 0 Å². The Kier molecular flexibility index (Phi) is 5.54. The highest BCUT2D eigenvalue weighted by Crippen LogP contribution is 2.15. The van der Waals surface area contributed by atoms with Crippen molar-refractivity contribution in [2.75, 3.05) is 37.4 Å². The molecule has 0 saturated heterocycles. The van der Waals surface area contributed by atoms with Crippen molar-refractivity contribution in [3.8, 4) is 0 Å². The lowest BCUT2D eigenvalue weighted by atomic mass is 10.1. The van der Waals surface area contributed by atoms with Crippen LogP contribution in [0.2, 0.25) is 0 Å². The molecule has 1 heterocycles. The maximum atomic E-state index is 4.48. The summed E-state index contributed by atoms with van der Waals surface area (Å²) in [6, 6.07) is 2.01. The molecule has 0 unspecified atom stereocenters. The van der Waals surface area contributed by atoms with Crippen LogP contribution in [0.15, 0.2) is 6.07 Å². The lowest BCUT2D eigenvalue weighted by molar-refractivity contribution is 0.447. The van der Waals surface area contributed by atoms with E-state index >= 15 is 0 Å². The topological polar surface area (TPSA) is 53.1 Å². The molecule has 1 aromatic heterocycles. The Morgan fingerprint density at radius 1 is 1.32 bits per heavy atom. The molecule has 2 N–H and O–H groups in total. The standard InChI is InChI=1S/C14H27N5/c1-7-8-19(6)13-9-12(17-11(2)18-13)16-10-14(3,4)15-5/h9,15H,7-8,10H2,1-6H3,(H,16,17,18). The number of hydrogen-bond acceptors (Lipinski definition) is 5. The fourth-order valence-electron chi connectivity index (χ4n) is 1.69. The zero-order valence-electron chi connectivity index (χ0n) is 13.0. The predicted molar refractivity (Wildman–Crippen MR) is 82.0 cm³/mol. The highest BCUT2D eigenvalue weighted by Gasteiger charge is 2.15. The molecule has 0 aliphatic heterocycles. The Labute approximate surface area is 116 Å². The average molecular weight is 265 g/mol. The van der Waals surface area contributed by atoms with Crippen LogP contribution in [0, 0.1) is 6.92 Å². The molecule has 19 heavy (non-hydrogen) atoms. The van der Waals surface area contributed by atoms with E-state index in [1.807, 2.05) is 20.0 Å². The van der Waals surface area contributed by atoms with Crippen molar-refractivity contribution in [2.24, 2.45) is 0 Å². The number of hydrogen-bond donors (Lipinski definition) is 2. The summed E-state index contributed by atoms with van der Waals surface area (Å²) in [7, 11) is 4.03. The van der Waals surface area contributed by atoms with Crippen molar-refractivity contribution in [3.05, 3.63) is 11.9 Å². The Morgan fingerprint density at radius 2 is 2.00 bits per heavy atom. The molecule has 0 aromatic carbocycles. The van der Waals surface area contributed by atoms with Gasteiger partial charge in [0.25, 0.3) is 0 Å². The van der Waals surface area contributed by atoms with Gasteiger partial charge >= 0.3 is 0 Å². The summed E-state index contributed by atoms with van der Waals surface area (Å²) in [5.74, 6) is 2.65. The summed E-state index contributed by atoms with van der Waals surface area (Å²) >= 11 is 0. The van der Waals surface area contributed by atoms with E-state index in [0.717, 1.165) is 37.0 Å². The van der Waals surface area contributed by atoms with E-state index in [1.165, 1.54) is 0 Å². The van der Waals surface area contributed by atoms with Gasteiger partial charge in [-0.2, -0.15) is 0 Å². The Morgan fingerprint density at radius 3 is 2.58 bits per heavy atom. The minimum Gasteiger partial charge on any atom is -0.368 e. The van der Waals surface area contributed by atoms with Gasteiger partial charge in [0.15, 0.2) is 0 Å². The van der Waals surface area contributed by atoms with Crippen LogP contribution in [0.25, 0.3) is 0 Å². The molecule has 0 spiro atoms. The predicted octanol–water partition coefficient (Wildman–Crippen LogP) is 2.04. The third-order valence-electron chi connectivity index (χ3n) is 3.16. The first kappa shape index (κ1) is 15.7. The number of nitrogens with zero attached hydrogens (tertiary/aromatic N) is 3. The minimum atomic E-state index is 0.0361. The second kappa shape index (κ2) is 6.70. The average Bonchev–Trinajstić information content (AvgIpc) is 2.36. The van der Waals surface area contributed by atoms with Crippen molar-refractivity contribution in [1.29, 1.82) is 0 Å². The van der Waals surface area contributed by atoms with E-state index < -0.39 is 0 Å². The quantitative estimate of drug-likeness (QED) is 0.790. The molecule has 0 aliphatic rings. The van der Waals surface area contributed by atoms with Crippen LogP contribution in [0.1, 0.15) is 33.0 Å². The Bertz CT molecular complexity index is 403. The van der Waals surface area contributed by atoms with Crippen LogP contribution in [0.4, 0.5) is 11.6 Å². The lowest BCUT2D eigenvalue weighted by Gasteiger charge is -2.25. The molecule has 5 heteroatoms. The number of likely N-dealkylation sites (N-methyl/N-ethyl adjacent to an activating group) is 1. The molecule has 0 bridgehead atoms. The van der Waals surface area contributed by atoms with Crippen LogP contribution in [-0.2, 0) is 0 Å². The van der Waals surface area contributed by atoms with Crippen LogP contribution in [0.5, 0.6) is 0 Å². The Balaban J connectivity index is 2.79. The largest absolute Gasteiger partial charge is 0.368 e. The number of rotatable bonds is 7. The molecular weight excluding hydrogens is 238 g/mol. The van der Waals surface area contributed by atoms with E-state index in [1.54, 1.807) is 0 Å². The number of nitrogens with one attached hydrogen (secondary N) is 2. The van der Waals surface area contributed by atoms with Gasteiger partial charge in [-0.15, -0.1) is 0 Å². The molecule has 1 rings (SSSR count). The first-order valence-electron chi connectivity index (χ1n) is 6.87. The summed E-state index contributed by atoms with van der Waals surface area (Å²) in [5, 5.41) is 6.64. The first-order valence-corrected chi connectivity index (χ1v) is 6.87. The molecule has 0 amide bonds. The molecular formula is C14H27N5. The van der Waals surface area contributed by atoms with Gasteiger partial charge in [0.05, 0.1) is 0 Å². The van der Waals surface area contributed by atoms with Gasteiger partial charge in [0, 0.05) is 31.7 Å². The zero-order chi connectivity index (χ0) is 14.5. The van der Waals surface area contributed by atoms with Gasteiger partial charge in [0.1, 0.15) is 17.5 Å². The molecule has 1 aromatic rings. The molecule has 5 nitrogen and oxygen atoms in total. The molecule has 0 fully saturated rings. The molecule has 0 radical (unpaired) electrons. The highest BCUT2D eigenvalue weighted by molar-refractivity contribution is 5.49. The van der Waals surface area contributed by atoms with E-state index in [2.05, 4.69) is 53.3 Å². The van der Waals surface area contributed by atoms with Crippen molar-refractivity contribution in [3.63, 3.8) is 0 Å². The summed E-state index contributed by atoms with van der Waals surface area (Å²) in [6.45, 7) is 10.2. The van der Waals surface area contributed by atoms with Crippen LogP contribution in [-0.4, -0.2) is 42.7 Å².